The fourth-order valence-electron chi connectivity index (χ4n) is 1.69. The molecule has 0 fully saturated rings. The summed E-state index contributed by atoms with van der Waals surface area (Å²) in [6, 6.07) is 5.19. The predicted octanol–water partition coefficient (Wildman–Crippen LogP) is 3.58. The van der Waals surface area contributed by atoms with Gasteiger partial charge in [-0.15, -0.1) is 0 Å². The summed E-state index contributed by atoms with van der Waals surface area (Å²) in [5.74, 6) is -0.0525. The number of nitrogens with zero attached hydrogens (tertiary/aromatic N) is 1. The number of ether oxygens (including phenoxy) is 1. The van der Waals surface area contributed by atoms with Gasteiger partial charge in [0.05, 0.1) is 28.9 Å². The van der Waals surface area contributed by atoms with Crippen LogP contribution in [0.2, 0.25) is 10.0 Å². The lowest BCUT2D eigenvalue weighted by Crippen LogP contribution is -2.15. The Kier molecular flexibility index (Phi) is 4.24. The van der Waals surface area contributed by atoms with Crippen molar-refractivity contribution in [3.8, 4) is 5.75 Å². The molecule has 3 nitrogen and oxygen atoms in total. The van der Waals surface area contributed by atoms with Crippen molar-refractivity contribution in [2.45, 2.75) is 6.04 Å². The molecule has 100 valence electrons. The Hall–Kier alpha value is -1.36. The molecule has 1 aromatic carbocycles. The van der Waals surface area contributed by atoms with Crippen LogP contribution in [0.15, 0.2) is 30.5 Å². The van der Waals surface area contributed by atoms with Crippen LogP contribution in [-0.4, -0.2) is 12.1 Å². The molecule has 1 heterocycles. The molecule has 0 saturated heterocycles. The molecule has 0 bridgehead atoms. The predicted molar refractivity (Wildman–Crippen MR) is 73.2 cm³/mol. The number of hydrogen-bond donors (Lipinski definition) is 1. The fraction of sp³-hybridized carbons (Fsp3) is 0.154. The van der Waals surface area contributed by atoms with Gasteiger partial charge in [-0.1, -0.05) is 29.3 Å². The molecular weight excluding hydrogens is 290 g/mol. The lowest BCUT2D eigenvalue weighted by molar-refractivity contribution is 0.410. The standard InChI is InChI=1S/C13H11Cl2FN2O/c1-19-8-2-3-9(11(16)5-8)12(17)13-10(15)4-7(14)6-18-13/h2-6,12H,17H2,1H3. The largest absolute Gasteiger partial charge is 0.497 e. The Bertz CT molecular complexity index is 607. The number of benzene rings is 1. The van der Waals surface area contributed by atoms with Crippen LogP contribution in [0.4, 0.5) is 4.39 Å². The summed E-state index contributed by atoms with van der Waals surface area (Å²) in [4.78, 5) is 4.05. The third-order valence-corrected chi connectivity index (χ3v) is 3.18. The van der Waals surface area contributed by atoms with Crippen molar-refractivity contribution in [3.63, 3.8) is 0 Å². The molecule has 0 spiro atoms. The first kappa shape index (κ1) is 14.1. The highest BCUT2D eigenvalue weighted by Crippen LogP contribution is 2.29. The Morgan fingerprint density at radius 3 is 2.63 bits per heavy atom. The molecule has 2 N–H and O–H groups in total. The van der Waals surface area contributed by atoms with Crippen molar-refractivity contribution in [1.29, 1.82) is 0 Å². The Morgan fingerprint density at radius 1 is 1.32 bits per heavy atom. The summed E-state index contributed by atoms with van der Waals surface area (Å²) in [6.07, 6.45) is 1.42. The normalized spacial score (nSPS) is 12.3. The first-order valence-electron chi connectivity index (χ1n) is 5.43. The van der Waals surface area contributed by atoms with Gasteiger partial charge >= 0.3 is 0 Å². The summed E-state index contributed by atoms with van der Waals surface area (Å²) >= 11 is 11.8. The van der Waals surface area contributed by atoms with E-state index in [0.29, 0.717) is 21.5 Å². The van der Waals surface area contributed by atoms with Crippen LogP contribution in [-0.2, 0) is 0 Å². The molecule has 19 heavy (non-hydrogen) atoms. The number of nitrogens with two attached hydrogens (primary N) is 1. The molecule has 0 amide bonds. The first-order valence-corrected chi connectivity index (χ1v) is 6.18. The second-order valence-corrected chi connectivity index (χ2v) is 4.73. The molecule has 2 aromatic rings. The Labute approximate surface area is 120 Å². The van der Waals surface area contributed by atoms with E-state index in [-0.39, 0.29) is 5.56 Å². The van der Waals surface area contributed by atoms with Crippen molar-refractivity contribution >= 4 is 23.2 Å². The molecule has 0 radical (unpaired) electrons. The molecule has 0 saturated carbocycles. The van der Waals surface area contributed by atoms with E-state index in [1.165, 1.54) is 25.4 Å². The van der Waals surface area contributed by atoms with Gasteiger partial charge < -0.3 is 10.5 Å². The number of aromatic nitrogens is 1. The Morgan fingerprint density at radius 2 is 2.05 bits per heavy atom. The van der Waals surface area contributed by atoms with Crippen LogP contribution in [0.25, 0.3) is 0 Å². The number of hydrogen-bond acceptors (Lipinski definition) is 3. The van der Waals surface area contributed by atoms with Gasteiger partial charge in [0.1, 0.15) is 11.6 Å². The van der Waals surface area contributed by atoms with E-state index in [9.17, 15) is 4.39 Å². The summed E-state index contributed by atoms with van der Waals surface area (Å²) in [7, 11) is 1.46. The van der Waals surface area contributed by atoms with Gasteiger partial charge in [-0.05, 0) is 12.1 Å². The van der Waals surface area contributed by atoms with Gasteiger partial charge in [-0.3, -0.25) is 4.98 Å². The van der Waals surface area contributed by atoms with E-state index >= 15 is 0 Å². The first-order chi connectivity index (χ1) is 9.02. The summed E-state index contributed by atoms with van der Waals surface area (Å²) in [5, 5.41) is 0.700. The highest BCUT2D eigenvalue weighted by Gasteiger charge is 2.18. The smallest absolute Gasteiger partial charge is 0.132 e. The zero-order chi connectivity index (χ0) is 14.0. The SMILES string of the molecule is COc1ccc(C(N)c2ncc(Cl)cc2Cl)c(F)c1. The maximum Gasteiger partial charge on any atom is 0.132 e. The monoisotopic (exact) mass is 300 g/mol. The molecule has 0 aliphatic heterocycles. The van der Waals surface area contributed by atoms with Crippen molar-refractivity contribution in [1.82, 2.24) is 4.98 Å². The highest BCUT2D eigenvalue weighted by molar-refractivity contribution is 6.34. The summed E-state index contributed by atoms with van der Waals surface area (Å²) in [5.41, 5.74) is 6.65. The minimum Gasteiger partial charge on any atom is -0.497 e. The van der Waals surface area contributed by atoms with Crippen molar-refractivity contribution in [3.05, 3.63) is 57.6 Å². The van der Waals surface area contributed by atoms with Crippen molar-refractivity contribution in [2.75, 3.05) is 7.11 Å². The molecular formula is C13H11Cl2FN2O. The van der Waals surface area contributed by atoms with Crippen LogP contribution in [0.3, 0.4) is 0 Å². The van der Waals surface area contributed by atoms with Crippen LogP contribution >= 0.6 is 23.2 Å². The van der Waals surface area contributed by atoms with Gasteiger partial charge in [0, 0.05) is 17.8 Å². The van der Waals surface area contributed by atoms with Crippen LogP contribution in [0.5, 0.6) is 5.75 Å². The quantitative estimate of drug-likeness (QED) is 0.942. The van der Waals surface area contributed by atoms with Gasteiger partial charge in [0.25, 0.3) is 0 Å². The van der Waals surface area contributed by atoms with Crippen LogP contribution < -0.4 is 10.5 Å². The Balaban J connectivity index is 2.41. The average Bonchev–Trinajstić information content (AvgIpc) is 2.37. The van der Waals surface area contributed by atoms with Crippen molar-refractivity contribution < 1.29 is 9.13 Å². The maximum absolute atomic E-state index is 13.9. The lowest BCUT2D eigenvalue weighted by atomic mass is 10.0. The second kappa shape index (κ2) is 5.74. The third kappa shape index (κ3) is 2.97. The van der Waals surface area contributed by atoms with Crippen LogP contribution in [0.1, 0.15) is 17.3 Å². The number of rotatable bonds is 3. The molecule has 1 unspecified atom stereocenters. The number of pyridine rings is 1. The third-order valence-electron chi connectivity index (χ3n) is 2.67. The molecule has 0 aliphatic carbocycles. The molecule has 2 rings (SSSR count). The fourth-order valence-corrected chi connectivity index (χ4v) is 2.19. The minimum atomic E-state index is -0.768. The summed E-state index contributed by atoms with van der Waals surface area (Å²) in [6.45, 7) is 0. The van der Waals surface area contributed by atoms with Crippen molar-refractivity contribution in [2.24, 2.45) is 5.73 Å². The van der Waals surface area contributed by atoms with E-state index < -0.39 is 11.9 Å². The topological polar surface area (TPSA) is 48.1 Å². The number of methoxy groups -OCH3 is 1. The van der Waals surface area contributed by atoms with E-state index in [0.717, 1.165) is 0 Å². The zero-order valence-corrected chi connectivity index (χ0v) is 11.5. The molecule has 6 heteroatoms. The zero-order valence-electron chi connectivity index (χ0n) is 10.0. The van der Waals surface area contributed by atoms with Gasteiger partial charge in [0.15, 0.2) is 0 Å². The minimum absolute atomic E-state index is 0.289. The van der Waals surface area contributed by atoms with E-state index in [4.69, 9.17) is 33.7 Å². The maximum atomic E-state index is 13.9. The highest BCUT2D eigenvalue weighted by atomic mass is 35.5. The van der Waals surface area contributed by atoms with Gasteiger partial charge in [-0.25, -0.2) is 4.39 Å². The molecule has 1 atom stereocenters. The average molecular weight is 301 g/mol. The van der Waals surface area contributed by atoms with Gasteiger partial charge in [0.2, 0.25) is 0 Å². The molecule has 1 aromatic heterocycles. The van der Waals surface area contributed by atoms with E-state index in [1.54, 1.807) is 12.1 Å². The summed E-state index contributed by atoms with van der Waals surface area (Å²) < 4.78 is 18.9. The molecule has 0 aliphatic rings. The van der Waals surface area contributed by atoms with Gasteiger partial charge in [-0.2, -0.15) is 0 Å². The number of halogens is 3. The lowest BCUT2D eigenvalue weighted by Gasteiger charge is -2.14. The van der Waals surface area contributed by atoms with E-state index in [1.807, 2.05) is 0 Å². The second-order valence-electron chi connectivity index (χ2n) is 3.89. The van der Waals surface area contributed by atoms with E-state index in [2.05, 4.69) is 4.98 Å². The van der Waals surface area contributed by atoms with Crippen LogP contribution in [0, 0.1) is 5.82 Å².